The maximum Gasteiger partial charge on any atom is 0.509 e. The van der Waals surface area contributed by atoms with Crippen molar-refractivity contribution >= 4 is 6.16 Å². The van der Waals surface area contributed by atoms with Crippen molar-refractivity contribution in [2.75, 3.05) is 0 Å². The Morgan fingerprint density at radius 1 is 1.43 bits per heavy atom. The van der Waals surface area contributed by atoms with Gasteiger partial charge in [0.2, 0.25) is 0 Å². The van der Waals surface area contributed by atoms with E-state index in [1.54, 1.807) is 32.9 Å². The number of carbonyl (C=O) groups excluding carboxylic acids is 1. The van der Waals surface area contributed by atoms with Gasteiger partial charge < -0.3 is 9.47 Å². The van der Waals surface area contributed by atoms with Gasteiger partial charge in [-0.25, -0.2) is 4.79 Å². The summed E-state index contributed by atoms with van der Waals surface area (Å²) in [7, 11) is 0. The monoisotopic (exact) mass is 198 g/mol. The molecule has 0 heterocycles. The normalized spacial score (nSPS) is 13.7. The molecule has 0 radical (unpaired) electrons. The van der Waals surface area contributed by atoms with E-state index in [9.17, 15) is 4.79 Å². The molecule has 0 aliphatic rings. The molecule has 0 rings (SSSR count). The fraction of sp³-hybridized carbons (Fsp3) is 0.545. The van der Waals surface area contributed by atoms with Crippen LogP contribution in [0.15, 0.2) is 24.8 Å². The molecule has 0 saturated heterocycles. The molecular formula is C11H18O3. The molecule has 14 heavy (non-hydrogen) atoms. The summed E-state index contributed by atoms with van der Waals surface area (Å²) in [4.78, 5) is 11.2. The maximum atomic E-state index is 11.2. The van der Waals surface area contributed by atoms with Gasteiger partial charge in [-0.3, -0.25) is 0 Å². The van der Waals surface area contributed by atoms with E-state index in [0.717, 1.165) is 0 Å². The first-order chi connectivity index (χ1) is 6.39. The van der Waals surface area contributed by atoms with Gasteiger partial charge in [0.1, 0.15) is 11.7 Å². The molecule has 0 aliphatic heterocycles. The maximum absolute atomic E-state index is 11.2. The van der Waals surface area contributed by atoms with Gasteiger partial charge in [0.05, 0.1) is 0 Å². The lowest BCUT2D eigenvalue weighted by Crippen LogP contribution is -2.26. The SMILES string of the molecule is C=CC(/C=C/C)OC(=O)OC(C)(C)C. The Bertz CT molecular complexity index is 223. The van der Waals surface area contributed by atoms with Crippen LogP contribution in [0.3, 0.4) is 0 Å². The molecule has 0 aliphatic carbocycles. The summed E-state index contributed by atoms with van der Waals surface area (Å²) >= 11 is 0. The Hall–Kier alpha value is -1.25. The molecule has 0 aromatic carbocycles. The van der Waals surface area contributed by atoms with Crippen LogP contribution in [0.25, 0.3) is 0 Å². The van der Waals surface area contributed by atoms with Crippen molar-refractivity contribution in [3.63, 3.8) is 0 Å². The van der Waals surface area contributed by atoms with Crippen molar-refractivity contribution in [1.29, 1.82) is 0 Å². The molecule has 0 bridgehead atoms. The Morgan fingerprint density at radius 2 is 2.00 bits per heavy atom. The van der Waals surface area contributed by atoms with Gasteiger partial charge in [0.15, 0.2) is 0 Å². The van der Waals surface area contributed by atoms with Crippen LogP contribution in [-0.4, -0.2) is 17.9 Å². The fourth-order valence-corrected chi connectivity index (χ4v) is 0.741. The fourth-order valence-electron chi connectivity index (χ4n) is 0.741. The smallest absolute Gasteiger partial charge is 0.429 e. The van der Waals surface area contributed by atoms with Crippen LogP contribution in [0.2, 0.25) is 0 Å². The number of hydrogen-bond donors (Lipinski definition) is 0. The van der Waals surface area contributed by atoms with Gasteiger partial charge in [-0.05, 0) is 39.8 Å². The predicted molar refractivity (Wildman–Crippen MR) is 56.1 cm³/mol. The number of hydrogen-bond acceptors (Lipinski definition) is 3. The average molecular weight is 198 g/mol. The van der Waals surface area contributed by atoms with Crippen molar-refractivity contribution in [2.45, 2.75) is 39.4 Å². The minimum Gasteiger partial charge on any atom is -0.429 e. The first kappa shape index (κ1) is 12.8. The molecular weight excluding hydrogens is 180 g/mol. The zero-order valence-electron chi connectivity index (χ0n) is 9.24. The van der Waals surface area contributed by atoms with Crippen LogP contribution in [-0.2, 0) is 9.47 Å². The van der Waals surface area contributed by atoms with E-state index in [1.165, 1.54) is 6.08 Å². The third-order valence-electron chi connectivity index (χ3n) is 1.24. The van der Waals surface area contributed by atoms with Crippen LogP contribution in [0.5, 0.6) is 0 Å². The second kappa shape index (κ2) is 5.47. The van der Waals surface area contributed by atoms with E-state index in [2.05, 4.69) is 6.58 Å². The molecule has 0 saturated carbocycles. The van der Waals surface area contributed by atoms with Gasteiger partial charge in [-0.2, -0.15) is 0 Å². The first-order valence-corrected chi connectivity index (χ1v) is 4.54. The standard InChI is InChI=1S/C11H18O3/c1-6-8-9(7-2)13-10(12)14-11(3,4)5/h6-9H,2H2,1,3-5H3/b8-6+. The molecule has 3 heteroatoms. The molecule has 3 nitrogen and oxygen atoms in total. The van der Waals surface area contributed by atoms with E-state index in [-0.39, 0.29) is 0 Å². The number of rotatable bonds is 3. The van der Waals surface area contributed by atoms with Crippen LogP contribution >= 0.6 is 0 Å². The van der Waals surface area contributed by atoms with E-state index in [1.807, 2.05) is 6.92 Å². The zero-order valence-corrected chi connectivity index (χ0v) is 9.24. The molecule has 80 valence electrons. The van der Waals surface area contributed by atoms with Crippen LogP contribution in [0, 0.1) is 0 Å². The quantitative estimate of drug-likeness (QED) is 0.516. The lowest BCUT2D eigenvalue weighted by Gasteiger charge is -2.20. The Labute approximate surface area is 85.4 Å². The highest BCUT2D eigenvalue weighted by Gasteiger charge is 2.18. The highest BCUT2D eigenvalue weighted by molar-refractivity contribution is 5.61. The Kier molecular flexibility index (Phi) is 4.99. The topological polar surface area (TPSA) is 35.5 Å². The van der Waals surface area contributed by atoms with Crippen LogP contribution in [0.4, 0.5) is 4.79 Å². The van der Waals surface area contributed by atoms with Crippen LogP contribution < -0.4 is 0 Å². The number of allylic oxidation sites excluding steroid dienone is 1. The van der Waals surface area contributed by atoms with E-state index >= 15 is 0 Å². The molecule has 0 aromatic heterocycles. The van der Waals surface area contributed by atoms with Crippen molar-refractivity contribution in [3.05, 3.63) is 24.8 Å². The lowest BCUT2D eigenvalue weighted by molar-refractivity contribution is -0.0116. The van der Waals surface area contributed by atoms with Crippen molar-refractivity contribution < 1.29 is 14.3 Å². The first-order valence-electron chi connectivity index (χ1n) is 4.54. The minimum atomic E-state index is -0.680. The van der Waals surface area contributed by atoms with Gasteiger partial charge in [0.25, 0.3) is 0 Å². The molecule has 0 spiro atoms. The number of carbonyl (C=O) groups is 1. The highest BCUT2D eigenvalue weighted by Crippen LogP contribution is 2.09. The number of ether oxygens (including phenoxy) is 2. The van der Waals surface area contributed by atoms with Crippen molar-refractivity contribution in [1.82, 2.24) is 0 Å². The van der Waals surface area contributed by atoms with Gasteiger partial charge in [-0.15, -0.1) is 0 Å². The van der Waals surface area contributed by atoms with E-state index in [4.69, 9.17) is 9.47 Å². The predicted octanol–water partition coefficient (Wildman–Crippen LogP) is 3.07. The molecule has 0 amide bonds. The summed E-state index contributed by atoms with van der Waals surface area (Å²) in [6, 6.07) is 0. The highest BCUT2D eigenvalue weighted by atomic mass is 16.7. The average Bonchev–Trinajstić information content (AvgIpc) is 2.00. The molecule has 0 fully saturated rings. The molecule has 0 N–H and O–H groups in total. The van der Waals surface area contributed by atoms with E-state index < -0.39 is 17.9 Å². The molecule has 0 aromatic rings. The summed E-state index contributed by atoms with van der Waals surface area (Å²) in [5.41, 5.74) is -0.529. The zero-order chi connectivity index (χ0) is 11.2. The second-order valence-electron chi connectivity index (χ2n) is 3.81. The lowest BCUT2D eigenvalue weighted by atomic mass is 10.2. The van der Waals surface area contributed by atoms with Gasteiger partial charge >= 0.3 is 6.16 Å². The summed E-state index contributed by atoms with van der Waals surface area (Å²) in [5, 5.41) is 0. The molecule has 1 unspecified atom stereocenters. The van der Waals surface area contributed by atoms with E-state index in [0.29, 0.717) is 0 Å². The minimum absolute atomic E-state index is 0.421. The molecule has 1 atom stereocenters. The second-order valence-corrected chi connectivity index (χ2v) is 3.81. The van der Waals surface area contributed by atoms with Gasteiger partial charge in [0, 0.05) is 0 Å². The Morgan fingerprint density at radius 3 is 2.36 bits per heavy atom. The Balaban J connectivity index is 4.10. The largest absolute Gasteiger partial charge is 0.509 e. The summed E-state index contributed by atoms with van der Waals surface area (Å²) < 4.78 is 9.92. The summed E-state index contributed by atoms with van der Waals surface area (Å²) in [6.45, 7) is 10.7. The summed E-state index contributed by atoms with van der Waals surface area (Å²) in [5.74, 6) is 0. The van der Waals surface area contributed by atoms with Crippen molar-refractivity contribution in [3.8, 4) is 0 Å². The third kappa shape index (κ3) is 6.29. The van der Waals surface area contributed by atoms with Gasteiger partial charge in [-0.1, -0.05) is 12.7 Å². The van der Waals surface area contributed by atoms with Crippen molar-refractivity contribution in [2.24, 2.45) is 0 Å². The summed E-state index contributed by atoms with van der Waals surface area (Å²) in [6.07, 6.45) is 3.94. The van der Waals surface area contributed by atoms with Crippen LogP contribution in [0.1, 0.15) is 27.7 Å². The third-order valence-corrected chi connectivity index (χ3v) is 1.24.